The van der Waals surface area contributed by atoms with Crippen LogP contribution >= 0.6 is 0 Å². The zero-order valence-electron chi connectivity index (χ0n) is 15.0. The van der Waals surface area contributed by atoms with Gasteiger partial charge in [0, 0.05) is 5.69 Å². The van der Waals surface area contributed by atoms with E-state index in [1.807, 2.05) is 36.4 Å². The number of carbonyl (C=O) groups is 1. The number of fused-ring (bicyclic) bond motifs is 1. The molecule has 0 heterocycles. The number of nitrogens with two attached hydrogens (primary N) is 1. The van der Waals surface area contributed by atoms with Gasteiger partial charge < -0.3 is 10.1 Å². The summed E-state index contributed by atoms with van der Waals surface area (Å²) in [6, 6.07) is 17.4. The van der Waals surface area contributed by atoms with Crippen LogP contribution in [0.4, 0.5) is 5.69 Å². The van der Waals surface area contributed by atoms with Crippen molar-refractivity contribution in [3.05, 3.63) is 66.2 Å². The largest absolute Gasteiger partial charge is 0.497 e. The SMILES string of the molecule is COc1ccc2cc([C@H](C)C(=O)Nc3cccc(S(N)(=O)=O)c3)ccc2c1. The minimum absolute atomic E-state index is 0.0485. The molecular weight excluding hydrogens is 364 g/mol. The molecule has 3 aromatic rings. The Morgan fingerprint density at radius 3 is 2.44 bits per heavy atom. The molecule has 0 saturated carbocycles. The van der Waals surface area contributed by atoms with Crippen LogP contribution in [-0.4, -0.2) is 21.4 Å². The van der Waals surface area contributed by atoms with Crippen molar-refractivity contribution < 1.29 is 17.9 Å². The third-order valence-corrected chi connectivity index (χ3v) is 5.31. The number of hydrogen-bond donors (Lipinski definition) is 2. The molecule has 6 nitrogen and oxygen atoms in total. The fourth-order valence-electron chi connectivity index (χ4n) is 2.79. The van der Waals surface area contributed by atoms with Crippen LogP contribution in [0.3, 0.4) is 0 Å². The van der Waals surface area contributed by atoms with Crippen molar-refractivity contribution in [2.75, 3.05) is 12.4 Å². The van der Waals surface area contributed by atoms with Gasteiger partial charge in [0.05, 0.1) is 17.9 Å². The lowest BCUT2D eigenvalue weighted by atomic mass is 9.97. The minimum Gasteiger partial charge on any atom is -0.497 e. The Morgan fingerprint density at radius 2 is 1.74 bits per heavy atom. The molecule has 0 aromatic heterocycles. The maximum Gasteiger partial charge on any atom is 0.238 e. The van der Waals surface area contributed by atoms with Crippen molar-refractivity contribution in [3.8, 4) is 5.75 Å². The summed E-state index contributed by atoms with van der Waals surface area (Å²) in [4.78, 5) is 12.6. The molecule has 3 N–H and O–H groups in total. The summed E-state index contributed by atoms with van der Waals surface area (Å²) in [7, 11) is -2.21. The zero-order chi connectivity index (χ0) is 19.6. The monoisotopic (exact) mass is 384 g/mol. The molecule has 0 radical (unpaired) electrons. The maximum absolute atomic E-state index is 12.6. The lowest BCUT2D eigenvalue weighted by Crippen LogP contribution is -2.19. The molecule has 3 aromatic carbocycles. The average Bonchev–Trinajstić information content (AvgIpc) is 2.66. The fourth-order valence-corrected chi connectivity index (χ4v) is 3.35. The maximum atomic E-state index is 12.6. The molecule has 0 aliphatic rings. The van der Waals surface area contributed by atoms with Crippen molar-refractivity contribution in [3.63, 3.8) is 0 Å². The first-order chi connectivity index (χ1) is 12.8. The van der Waals surface area contributed by atoms with E-state index in [4.69, 9.17) is 9.88 Å². The van der Waals surface area contributed by atoms with Crippen LogP contribution < -0.4 is 15.2 Å². The highest BCUT2D eigenvalue weighted by molar-refractivity contribution is 7.89. The van der Waals surface area contributed by atoms with E-state index in [1.165, 1.54) is 18.2 Å². The number of carbonyl (C=O) groups excluding carboxylic acids is 1. The van der Waals surface area contributed by atoms with Crippen LogP contribution in [-0.2, 0) is 14.8 Å². The summed E-state index contributed by atoms with van der Waals surface area (Å²) >= 11 is 0. The average molecular weight is 384 g/mol. The second-order valence-electron chi connectivity index (χ2n) is 6.26. The summed E-state index contributed by atoms with van der Waals surface area (Å²) in [5.41, 5.74) is 1.23. The van der Waals surface area contributed by atoms with Gasteiger partial charge in [0.15, 0.2) is 0 Å². The summed E-state index contributed by atoms with van der Waals surface area (Å²) in [6.45, 7) is 1.80. The smallest absolute Gasteiger partial charge is 0.238 e. The molecule has 3 rings (SSSR count). The van der Waals surface area contributed by atoms with Gasteiger partial charge in [-0.2, -0.15) is 0 Å². The Bertz CT molecular complexity index is 1110. The number of benzene rings is 3. The van der Waals surface area contributed by atoms with Crippen LogP contribution in [0.15, 0.2) is 65.6 Å². The zero-order valence-corrected chi connectivity index (χ0v) is 15.8. The van der Waals surface area contributed by atoms with E-state index in [1.54, 1.807) is 20.1 Å². The third kappa shape index (κ3) is 4.27. The molecule has 0 spiro atoms. The van der Waals surface area contributed by atoms with E-state index in [0.717, 1.165) is 22.1 Å². The number of amides is 1. The van der Waals surface area contributed by atoms with Gasteiger partial charge in [0.1, 0.15) is 5.75 Å². The van der Waals surface area contributed by atoms with Gasteiger partial charge in [-0.3, -0.25) is 4.79 Å². The number of anilines is 1. The number of primary sulfonamides is 1. The van der Waals surface area contributed by atoms with Crippen LogP contribution in [0.2, 0.25) is 0 Å². The van der Waals surface area contributed by atoms with E-state index < -0.39 is 15.9 Å². The van der Waals surface area contributed by atoms with Gasteiger partial charge in [-0.1, -0.05) is 30.3 Å². The topological polar surface area (TPSA) is 98.5 Å². The summed E-state index contributed by atoms with van der Waals surface area (Å²) in [5.74, 6) is 0.111. The van der Waals surface area contributed by atoms with E-state index in [0.29, 0.717) is 5.69 Å². The Hall–Kier alpha value is -2.90. The quantitative estimate of drug-likeness (QED) is 0.705. The highest BCUT2D eigenvalue weighted by Crippen LogP contribution is 2.26. The molecule has 140 valence electrons. The number of sulfonamides is 1. The molecule has 1 amide bonds. The molecule has 0 saturated heterocycles. The Morgan fingerprint density at radius 1 is 1.04 bits per heavy atom. The van der Waals surface area contributed by atoms with Gasteiger partial charge in [-0.15, -0.1) is 0 Å². The van der Waals surface area contributed by atoms with E-state index in [-0.39, 0.29) is 10.8 Å². The van der Waals surface area contributed by atoms with Gasteiger partial charge in [0.25, 0.3) is 0 Å². The first kappa shape index (κ1) is 18.9. The first-order valence-electron chi connectivity index (χ1n) is 8.29. The molecule has 0 aliphatic carbocycles. The van der Waals surface area contributed by atoms with Crippen LogP contribution in [0.25, 0.3) is 10.8 Å². The molecule has 0 fully saturated rings. The lowest BCUT2D eigenvalue weighted by Gasteiger charge is -2.14. The van der Waals surface area contributed by atoms with Crippen molar-refractivity contribution in [2.24, 2.45) is 5.14 Å². The summed E-state index contributed by atoms with van der Waals surface area (Å²) in [6.07, 6.45) is 0. The second-order valence-corrected chi connectivity index (χ2v) is 7.82. The van der Waals surface area contributed by atoms with Gasteiger partial charge in [-0.25, -0.2) is 13.6 Å². The van der Waals surface area contributed by atoms with Crippen LogP contribution in [0.1, 0.15) is 18.4 Å². The Kier molecular flexibility index (Phi) is 5.16. The number of rotatable bonds is 5. The molecule has 27 heavy (non-hydrogen) atoms. The fraction of sp³-hybridized carbons (Fsp3) is 0.150. The van der Waals surface area contributed by atoms with Crippen molar-refractivity contribution in [1.82, 2.24) is 0 Å². The lowest BCUT2D eigenvalue weighted by molar-refractivity contribution is -0.117. The van der Waals surface area contributed by atoms with E-state index in [9.17, 15) is 13.2 Å². The first-order valence-corrected chi connectivity index (χ1v) is 9.84. The number of hydrogen-bond acceptors (Lipinski definition) is 4. The van der Waals surface area contributed by atoms with Crippen molar-refractivity contribution in [2.45, 2.75) is 17.7 Å². The highest BCUT2D eigenvalue weighted by Gasteiger charge is 2.17. The summed E-state index contributed by atoms with van der Waals surface area (Å²) in [5, 5.41) is 9.90. The number of ether oxygens (including phenoxy) is 1. The normalized spacial score (nSPS) is 12.6. The van der Waals surface area contributed by atoms with Gasteiger partial charge in [-0.05, 0) is 53.6 Å². The van der Waals surface area contributed by atoms with Crippen molar-refractivity contribution >= 4 is 32.4 Å². The molecule has 1 atom stereocenters. The molecule has 0 bridgehead atoms. The number of nitrogens with one attached hydrogen (secondary N) is 1. The molecular formula is C20H20N2O4S. The van der Waals surface area contributed by atoms with Gasteiger partial charge in [0.2, 0.25) is 15.9 Å². The van der Waals surface area contributed by atoms with Crippen molar-refractivity contribution in [1.29, 1.82) is 0 Å². The molecule has 0 aliphatic heterocycles. The summed E-state index contributed by atoms with van der Waals surface area (Å²) < 4.78 is 28.1. The Balaban J connectivity index is 1.82. The number of methoxy groups -OCH3 is 1. The molecule has 0 unspecified atom stereocenters. The predicted molar refractivity (Wildman–Crippen MR) is 105 cm³/mol. The highest BCUT2D eigenvalue weighted by atomic mass is 32.2. The van der Waals surface area contributed by atoms with E-state index >= 15 is 0 Å². The van der Waals surface area contributed by atoms with Gasteiger partial charge >= 0.3 is 0 Å². The minimum atomic E-state index is -3.83. The second kappa shape index (κ2) is 7.38. The molecule has 7 heteroatoms. The standard InChI is InChI=1S/C20H20N2O4S/c1-13(14-6-7-16-11-18(26-2)9-8-15(16)10-14)20(23)22-17-4-3-5-19(12-17)27(21,24)25/h3-13H,1-2H3,(H,22,23)(H2,21,24,25)/t13-/m0/s1. The van der Waals surface area contributed by atoms with Crippen LogP contribution in [0.5, 0.6) is 5.75 Å². The van der Waals surface area contributed by atoms with E-state index in [2.05, 4.69) is 5.32 Å². The third-order valence-electron chi connectivity index (χ3n) is 4.39. The van der Waals surface area contributed by atoms with Crippen LogP contribution in [0, 0.1) is 0 Å². The predicted octanol–water partition coefficient (Wildman–Crippen LogP) is 3.24. The Labute approximate surface area is 158 Å².